The molecule has 4 unspecified atom stereocenters. The van der Waals surface area contributed by atoms with Crippen LogP contribution in [0, 0.1) is 29.6 Å². The number of carbonyl (C=O) groups excluding carboxylic acids is 2. The van der Waals surface area contributed by atoms with Gasteiger partial charge < -0.3 is 0 Å². The maximum Gasteiger partial charge on any atom is 0.262 e. The molecule has 3 aromatic rings. The first-order valence-electron chi connectivity index (χ1n) is 32.4. The highest BCUT2D eigenvalue weighted by Gasteiger charge is 2.37. The quantitative estimate of drug-likeness (QED) is 0.0412. The van der Waals surface area contributed by atoms with Crippen LogP contribution >= 0.6 is 0 Å². The van der Waals surface area contributed by atoms with E-state index in [0.717, 1.165) is 87.4 Å². The summed E-state index contributed by atoms with van der Waals surface area (Å²) >= 11 is 0. The lowest BCUT2D eigenvalue weighted by Gasteiger charge is -2.43. The number of rotatable bonds is 43. The van der Waals surface area contributed by atoms with Crippen molar-refractivity contribution < 1.29 is 9.59 Å². The molecule has 5 rings (SSSR count). The average Bonchev–Trinajstić information content (AvgIpc) is 4.01. The average molecular weight is 1050 g/mol. The van der Waals surface area contributed by atoms with Gasteiger partial charge >= 0.3 is 0 Å². The molecule has 0 saturated heterocycles. The Morgan fingerprint density at radius 2 is 0.842 bits per heavy atom. The molecule has 0 bridgehead atoms. The van der Waals surface area contributed by atoms with Crippen molar-refractivity contribution >= 4 is 33.4 Å². The minimum Gasteiger partial charge on any atom is -0.275 e. The van der Waals surface area contributed by atoms with Gasteiger partial charge in [-0.25, -0.2) is 0 Å². The van der Waals surface area contributed by atoms with Crippen LogP contribution in [0.4, 0.5) is 0 Å². The van der Waals surface area contributed by atoms with Crippen LogP contribution in [0.2, 0.25) is 0 Å². The minimum absolute atomic E-state index is 0.163. The summed E-state index contributed by atoms with van der Waals surface area (Å²) < 4.78 is 2.82. The maximum absolute atomic E-state index is 14.2. The number of hydrogen-bond donors (Lipinski definition) is 0. The second-order valence-corrected chi connectivity index (χ2v) is 24.9. The predicted molar refractivity (Wildman–Crippen MR) is 320 cm³/mol. The van der Waals surface area contributed by atoms with E-state index in [0.29, 0.717) is 25.9 Å². The van der Waals surface area contributed by atoms with E-state index < -0.39 is 5.54 Å². The Morgan fingerprint density at radius 3 is 1.33 bits per heavy atom. The van der Waals surface area contributed by atoms with Gasteiger partial charge in [0.15, 0.2) is 0 Å². The van der Waals surface area contributed by atoms with Gasteiger partial charge in [0.1, 0.15) is 0 Å². The molecular weight excluding hydrogens is 943 g/mol. The number of amides is 2. The number of nitrogens with zero attached hydrogens (tertiary/aromatic N) is 3. The zero-order chi connectivity index (χ0) is 54.7. The third kappa shape index (κ3) is 18.8. The number of fused-ring (bicyclic) bond motifs is 2. The third-order valence-corrected chi connectivity index (χ3v) is 18.8. The molecular formula is C67H109N3O6. The molecule has 428 valence electrons. The van der Waals surface area contributed by atoms with E-state index in [1.54, 1.807) is 12.1 Å². The summed E-state index contributed by atoms with van der Waals surface area (Å²) in [6.07, 6.45) is 50.1. The van der Waals surface area contributed by atoms with Gasteiger partial charge in [0.25, 0.3) is 34.1 Å². The van der Waals surface area contributed by atoms with Crippen molar-refractivity contribution in [2.45, 2.75) is 304 Å². The van der Waals surface area contributed by atoms with E-state index in [1.807, 2.05) is 0 Å². The van der Waals surface area contributed by atoms with E-state index >= 15 is 0 Å². The molecule has 4 atom stereocenters. The lowest BCUT2D eigenvalue weighted by atomic mass is 9.62. The Balaban J connectivity index is 1.13. The summed E-state index contributed by atoms with van der Waals surface area (Å²) in [4.78, 5) is 80.8. The van der Waals surface area contributed by atoms with Crippen molar-refractivity contribution in [1.82, 2.24) is 14.0 Å². The van der Waals surface area contributed by atoms with Crippen LogP contribution < -0.4 is 22.2 Å². The van der Waals surface area contributed by atoms with Gasteiger partial charge in [-0.1, -0.05) is 241 Å². The summed E-state index contributed by atoms with van der Waals surface area (Å²) in [5.41, 5.74) is -1.93. The van der Waals surface area contributed by atoms with Crippen LogP contribution in [0.25, 0.3) is 21.5 Å². The van der Waals surface area contributed by atoms with E-state index in [-0.39, 0.29) is 55.6 Å². The molecule has 3 heterocycles. The van der Waals surface area contributed by atoms with Gasteiger partial charge in [0.2, 0.25) is 0 Å². The summed E-state index contributed by atoms with van der Waals surface area (Å²) in [6.45, 7) is 14.2. The lowest BCUT2D eigenvalue weighted by molar-refractivity contribution is -0.136. The summed E-state index contributed by atoms with van der Waals surface area (Å²) in [5, 5.41) is 1.06. The predicted octanol–water partition coefficient (Wildman–Crippen LogP) is 17.0. The Morgan fingerprint density at radius 1 is 0.447 bits per heavy atom. The number of imide groups is 1. The van der Waals surface area contributed by atoms with E-state index in [2.05, 4.69) is 41.5 Å². The zero-order valence-corrected chi connectivity index (χ0v) is 49.5. The van der Waals surface area contributed by atoms with Crippen molar-refractivity contribution in [3.05, 3.63) is 65.7 Å². The van der Waals surface area contributed by atoms with Gasteiger partial charge in [-0.15, -0.1) is 0 Å². The van der Waals surface area contributed by atoms with Crippen LogP contribution in [-0.4, -0.2) is 32.4 Å². The highest BCUT2D eigenvalue weighted by atomic mass is 16.2. The fraction of sp³-hybridized carbons (Fsp3) is 0.791. The van der Waals surface area contributed by atoms with E-state index in [4.69, 9.17) is 0 Å². The largest absolute Gasteiger partial charge is 0.275 e. The molecule has 9 heteroatoms. The highest BCUT2D eigenvalue weighted by Crippen LogP contribution is 2.47. The normalized spacial score (nSPS) is 18.3. The van der Waals surface area contributed by atoms with Crippen molar-refractivity contribution in [2.75, 3.05) is 6.54 Å². The molecule has 2 aromatic heterocycles. The number of benzene rings is 1. The fourth-order valence-corrected chi connectivity index (χ4v) is 14.1. The first-order valence-corrected chi connectivity index (χ1v) is 32.4. The van der Waals surface area contributed by atoms with Crippen LogP contribution in [0.5, 0.6) is 0 Å². The van der Waals surface area contributed by atoms with Gasteiger partial charge in [-0.05, 0) is 93.1 Å². The molecule has 2 amide bonds. The molecule has 2 aliphatic rings. The Labute approximate surface area is 460 Å². The maximum atomic E-state index is 14.2. The first-order chi connectivity index (χ1) is 36.9. The standard InChI is InChI=1S/C67H109N3O6/c1-7-11-13-15-24-32-40-54-48-53(39-31-14-12-8-2)49-55(56(54)42-34-26-17-16-21-28-36-46-68-61(71)43-44-62(68)72)41-33-25-18-20-27-35-45-67(9-3,10-4)70-65(75)59-50-57-58(51-60(59)66(70)76)64(74)69(63(57)73)47-37-29-22-19-23-30-38-52(5)6/h43-44,50-56H,7-42,45-49H2,1-6H3. The molecule has 9 nitrogen and oxygen atoms in total. The topological polar surface area (TPSA) is 116 Å². The lowest BCUT2D eigenvalue weighted by Crippen LogP contribution is -2.44. The monoisotopic (exact) mass is 1050 g/mol. The number of hydrogen-bond acceptors (Lipinski definition) is 6. The van der Waals surface area contributed by atoms with Crippen molar-refractivity contribution in [2.24, 2.45) is 29.6 Å². The smallest absolute Gasteiger partial charge is 0.262 e. The first kappa shape index (κ1) is 63.2. The SMILES string of the molecule is CCCCCCCCC1CC(CCCCCC)CC(CCCCCCCCC(CC)(CC)n2c(=O)c3cc4c(=O)n(CCCCCCCCC(C)C)c(=O)c4cc3c2=O)C1CCCCCCCCCN1C(=O)C=CC1=O. The summed E-state index contributed by atoms with van der Waals surface area (Å²) in [7, 11) is 0. The van der Waals surface area contributed by atoms with Crippen molar-refractivity contribution in [3.63, 3.8) is 0 Å². The summed E-state index contributed by atoms with van der Waals surface area (Å²) in [6, 6.07) is 3.10. The number of aromatic nitrogens is 2. The Kier molecular flexibility index (Phi) is 28.6. The van der Waals surface area contributed by atoms with E-state index in [1.165, 1.54) is 206 Å². The van der Waals surface area contributed by atoms with Gasteiger partial charge in [-0.3, -0.25) is 42.8 Å². The Bertz CT molecular complexity index is 2300. The molecule has 76 heavy (non-hydrogen) atoms. The van der Waals surface area contributed by atoms with Gasteiger partial charge in [0.05, 0.1) is 27.1 Å². The number of unbranched alkanes of at least 4 members (excludes halogenated alkanes) is 24. The zero-order valence-electron chi connectivity index (χ0n) is 49.5. The number of carbonyl (C=O) groups is 2. The minimum atomic E-state index is -0.599. The second kappa shape index (κ2) is 34.4. The van der Waals surface area contributed by atoms with Crippen LogP contribution in [0.1, 0.15) is 292 Å². The molecule has 1 aliphatic heterocycles. The van der Waals surface area contributed by atoms with E-state index in [9.17, 15) is 28.8 Å². The highest BCUT2D eigenvalue weighted by molar-refractivity contribution is 6.12. The van der Waals surface area contributed by atoms with Crippen LogP contribution in [0.15, 0.2) is 43.5 Å². The molecule has 1 aromatic carbocycles. The van der Waals surface area contributed by atoms with Gasteiger partial charge in [-0.2, -0.15) is 0 Å². The fourth-order valence-electron chi connectivity index (χ4n) is 14.1. The summed E-state index contributed by atoms with van der Waals surface area (Å²) in [5.74, 6) is 3.87. The molecule has 0 spiro atoms. The second-order valence-electron chi connectivity index (χ2n) is 24.9. The van der Waals surface area contributed by atoms with Crippen LogP contribution in [-0.2, 0) is 21.7 Å². The van der Waals surface area contributed by atoms with Gasteiger partial charge in [0, 0.05) is 25.2 Å². The third-order valence-electron chi connectivity index (χ3n) is 18.8. The Hall–Kier alpha value is -3.62. The van der Waals surface area contributed by atoms with Crippen LogP contribution in [0.3, 0.4) is 0 Å². The molecule has 0 radical (unpaired) electrons. The molecule has 1 fully saturated rings. The molecule has 1 saturated carbocycles. The van der Waals surface area contributed by atoms with Crippen molar-refractivity contribution in [3.8, 4) is 0 Å². The molecule has 1 aliphatic carbocycles. The molecule has 0 N–H and O–H groups in total. The van der Waals surface area contributed by atoms with Crippen molar-refractivity contribution in [1.29, 1.82) is 0 Å².